The zero-order chi connectivity index (χ0) is 28.5. The Kier molecular flexibility index (Phi) is 8.16. The molecule has 0 saturated carbocycles. The first-order chi connectivity index (χ1) is 17.7. The number of nitrogens with zero attached hydrogens (tertiary/aromatic N) is 1. The molecule has 2 N–H and O–H groups in total. The van der Waals surface area contributed by atoms with Gasteiger partial charge in [0.2, 0.25) is 17.7 Å². The number of amides is 3. The third-order valence-electron chi connectivity index (χ3n) is 7.33. The SMILES string of the molecule is CNC(=O)C12CCC(CC1)N2C(=O)[C@H](COC(=O)[C@@](OC)(c1ccccc1)C(F)(F)F)NC(=O)C(C)(C)C. The molecule has 3 amide bonds. The van der Waals surface area contributed by atoms with Crippen LogP contribution in [-0.2, 0) is 34.3 Å². The normalized spacial score (nSPS) is 23.4. The van der Waals surface area contributed by atoms with Crippen molar-refractivity contribution in [3.05, 3.63) is 35.9 Å². The van der Waals surface area contributed by atoms with Gasteiger partial charge in [-0.2, -0.15) is 13.2 Å². The van der Waals surface area contributed by atoms with Crippen molar-refractivity contribution in [3.8, 4) is 0 Å². The van der Waals surface area contributed by atoms with Crippen LogP contribution in [0.3, 0.4) is 0 Å². The lowest BCUT2D eigenvalue weighted by Gasteiger charge is -2.36. The first-order valence-electron chi connectivity index (χ1n) is 12.4. The lowest BCUT2D eigenvalue weighted by molar-refractivity contribution is -0.276. The number of benzene rings is 1. The molecule has 0 spiro atoms. The van der Waals surface area contributed by atoms with Crippen molar-refractivity contribution in [2.45, 2.75) is 75.9 Å². The number of ether oxygens (including phenoxy) is 2. The Bertz CT molecular complexity index is 1060. The van der Waals surface area contributed by atoms with Crippen LogP contribution in [0.5, 0.6) is 0 Å². The van der Waals surface area contributed by atoms with Crippen LogP contribution in [0.15, 0.2) is 30.3 Å². The number of nitrogens with one attached hydrogen (secondary N) is 2. The lowest BCUT2D eigenvalue weighted by Crippen LogP contribution is -2.61. The van der Waals surface area contributed by atoms with Gasteiger partial charge in [0.1, 0.15) is 18.2 Å². The van der Waals surface area contributed by atoms with Crippen LogP contribution in [0.1, 0.15) is 52.0 Å². The van der Waals surface area contributed by atoms with Crippen LogP contribution in [0.4, 0.5) is 13.2 Å². The van der Waals surface area contributed by atoms with Crippen LogP contribution in [0, 0.1) is 5.41 Å². The van der Waals surface area contributed by atoms with Gasteiger partial charge in [-0.3, -0.25) is 14.4 Å². The molecule has 2 saturated heterocycles. The minimum absolute atomic E-state index is 0.276. The van der Waals surface area contributed by atoms with Gasteiger partial charge in [-0.25, -0.2) is 4.79 Å². The molecule has 2 heterocycles. The highest BCUT2D eigenvalue weighted by Crippen LogP contribution is 2.47. The quantitative estimate of drug-likeness (QED) is 0.489. The fraction of sp³-hybridized carbons (Fsp3) is 0.615. The largest absolute Gasteiger partial charge is 0.460 e. The van der Waals surface area contributed by atoms with Crippen molar-refractivity contribution in [3.63, 3.8) is 0 Å². The number of rotatable bonds is 8. The van der Waals surface area contributed by atoms with Crippen molar-refractivity contribution in [1.82, 2.24) is 15.5 Å². The molecular weight excluding hydrogens is 507 g/mol. The van der Waals surface area contributed by atoms with Crippen molar-refractivity contribution in [2.24, 2.45) is 5.41 Å². The number of likely N-dealkylation sites (N-methyl/N-ethyl adjacent to an activating group) is 1. The Morgan fingerprint density at radius 2 is 1.66 bits per heavy atom. The van der Waals surface area contributed by atoms with E-state index >= 15 is 0 Å². The minimum Gasteiger partial charge on any atom is -0.460 e. The molecule has 2 bridgehead atoms. The smallest absolute Gasteiger partial charge is 0.432 e. The highest BCUT2D eigenvalue weighted by atomic mass is 19.4. The fourth-order valence-corrected chi connectivity index (χ4v) is 5.25. The molecular formula is C26H34F3N3O6. The summed E-state index contributed by atoms with van der Waals surface area (Å²) in [6.45, 7) is 3.89. The molecule has 2 fully saturated rings. The summed E-state index contributed by atoms with van der Waals surface area (Å²) < 4.78 is 52.7. The fourth-order valence-electron chi connectivity index (χ4n) is 5.25. The Hall–Kier alpha value is -3.15. The summed E-state index contributed by atoms with van der Waals surface area (Å²) in [6.07, 6.45) is -3.25. The topological polar surface area (TPSA) is 114 Å². The zero-order valence-electron chi connectivity index (χ0n) is 22.1. The number of esters is 1. The number of carbonyl (C=O) groups excluding carboxylic acids is 4. The maximum atomic E-state index is 14.3. The van der Waals surface area contributed by atoms with Gasteiger partial charge in [0.05, 0.1) is 0 Å². The molecule has 2 atom stereocenters. The summed E-state index contributed by atoms with van der Waals surface area (Å²) in [5.41, 5.74) is -6.04. The predicted octanol–water partition coefficient (Wildman–Crippen LogP) is 2.43. The van der Waals surface area contributed by atoms with Crippen molar-refractivity contribution in [1.29, 1.82) is 0 Å². The van der Waals surface area contributed by atoms with E-state index in [-0.39, 0.29) is 11.9 Å². The average molecular weight is 542 g/mol. The molecule has 12 heteroatoms. The Balaban J connectivity index is 1.94. The van der Waals surface area contributed by atoms with Gasteiger partial charge in [0.15, 0.2) is 0 Å². The molecule has 1 aromatic carbocycles. The maximum Gasteiger partial charge on any atom is 0.432 e. The second-order valence-electron chi connectivity index (χ2n) is 10.7. The highest BCUT2D eigenvalue weighted by Gasteiger charge is 2.64. The number of hydrogen-bond acceptors (Lipinski definition) is 6. The monoisotopic (exact) mass is 541 g/mol. The van der Waals surface area contributed by atoms with Crippen LogP contribution in [-0.4, -0.2) is 73.2 Å². The highest BCUT2D eigenvalue weighted by molar-refractivity contribution is 5.96. The van der Waals surface area contributed by atoms with Crippen LogP contribution in [0.2, 0.25) is 0 Å². The van der Waals surface area contributed by atoms with Gasteiger partial charge in [-0.05, 0) is 25.7 Å². The molecule has 0 aromatic heterocycles. The third-order valence-corrected chi connectivity index (χ3v) is 7.33. The molecule has 210 valence electrons. The standard InChI is InChI=1S/C26H34F3N3O6/c1-23(2,3)20(34)31-18(19(33)32-17-11-13-24(32,14-12-17)21(35)30-4)15-38-22(36)25(37-5,26(27,28)29)16-9-7-6-8-10-16/h6-10,17-18H,11-15H2,1-5H3,(H,30,35)(H,31,34)/t17?,18-,24?,25-/m0/s1. The average Bonchev–Trinajstić information content (AvgIpc) is 3.42. The second-order valence-corrected chi connectivity index (χ2v) is 10.7. The van der Waals surface area contributed by atoms with E-state index < -0.39 is 58.7 Å². The van der Waals surface area contributed by atoms with Crippen molar-refractivity contribution >= 4 is 23.7 Å². The molecule has 1 aromatic rings. The third kappa shape index (κ3) is 4.97. The Morgan fingerprint density at radius 1 is 1.08 bits per heavy atom. The van der Waals surface area contributed by atoms with E-state index in [9.17, 15) is 32.3 Å². The molecule has 0 unspecified atom stereocenters. The van der Waals surface area contributed by atoms with Crippen LogP contribution >= 0.6 is 0 Å². The molecule has 0 radical (unpaired) electrons. The predicted molar refractivity (Wildman–Crippen MR) is 129 cm³/mol. The van der Waals surface area contributed by atoms with E-state index in [4.69, 9.17) is 9.47 Å². The molecule has 9 nitrogen and oxygen atoms in total. The van der Waals surface area contributed by atoms with Crippen molar-refractivity contribution in [2.75, 3.05) is 20.8 Å². The minimum atomic E-state index is -5.20. The number of hydrogen-bond donors (Lipinski definition) is 2. The molecule has 0 aliphatic carbocycles. The summed E-state index contributed by atoms with van der Waals surface area (Å²) >= 11 is 0. The number of fused-ring (bicyclic) bond motifs is 2. The number of carbonyl (C=O) groups is 4. The number of alkyl halides is 3. The van der Waals surface area contributed by atoms with Gasteiger partial charge in [0.25, 0.3) is 5.60 Å². The number of methoxy groups -OCH3 is 1. The van der Waals surface area contributed by atoms with E-state index in [0.717, 1.165) is 19.2 Å². The van der Waals surface area contributed by atoms with E-state index in [1.807, 2.05) is 0 Å². The van der Waals surface area contributed by atoms with E-state index in [1.165, 1.54) is 30.1 Å². The van der Waals surface area contributed by atoms with Crippen molar-refractivity contribution < 1.29 is 41.8 Å². The Labute approximate surface area is 219 Å². The Morgan fingerprint density at radius 3 is 2.13 bits per heavy atom. The summed E-state index contributed by atoms with van der Waals surface area (Å²) in [6, 6.07) is 4.48. The summed E-state index contributed by atoms with van der Waals surface area (Å²) in [7, 11) is 2.19. The van der Waals surface area contributed by atoms with Gasteiger partial charge in [-0.1, -0.05) is 51.1 Å². The van der Waals surface area contributed by atoms with Crippen LogP contribution < -0.4 is 10.6 Å². The molecule has 3 rings (SSSR count). The summed E-state index contributed by atoms with van der Waals surface area (Å²) in [5.74, 6) is -3.42. The molecule has 38 heavy (non-hydrogen) atoms. The second kappa shape index (κ2) is 10.5. The lowest BCUT2D eigenvalue weighted by atomic mass is 9.87. The van der Waals surface area contributed by atoms with Gasteiger partial charge >= 0.3 is 12.1 Å². The molecule has 2 aliphatic heterocycles. The summed E-state index contributed by atoms with van der Waals surface area (Å²) in [4.78, 5) is 53.9. The summed E-state index contributed by atoms with van der Waals surface area (Å²) in [5, 5.41) is 5.10. The number of halogens is 3. The maximum absolute atomic E-state index is 14.3. The van der Waals surface area contributed by atoms with Gasteiger partial charge in [-0.15, -0.1) is 0 Å². The first-order valence-corrected chi connectivity index (χ1v) is 12.4. The van der Waals surface area contributed by atoms with E-state index in [2.05, 4.69) is 10.6 Å². The zero-order valence-corrected chi connectivity index (χ0v) is 22.1. The van der Waals surface area contributed by atoms with Crippen LogP contribution in [0.25, 0.3) is 0 Å². The molecule has 2 aliphatic rings. The van der Waals surface area contributed by atoms with E-state index in [0.29, 0.717) is 25.7 Å². The first kappa shape index (κ1) is 29.4. The van der Waals surface area contributed by atoms with E-state index in [1.54, 1.807) is 20.8 Å². The van der Waals surface area contributed by atoms with Gasteiger partial charge in [0, 0.05) is 31.2 Å². The van der Waals surface area contributed by atoms with Gasteiger partial charge < -0.3 is 25.0 Å².